The number of ether oxygens (including phenoxy) is 3. The first kappa shape index (κ1) is 17.0. The van der Waals surface area contributed by atoms with E-state index < -0.39 is 0 Å². The van der Waals surface area contributed by atoms with Crippen molar-refractivity contribution in [1.29, 1.82) is 0 Å². The van der Waals surface area contributed by atoms with Gasteiger partial charge in [-0.2, -0.15) is 0 Å². The van der Waals surface area contributed by atoms with Gasteiger partial charge in [0.1, 0.15) is 5.75 Å². The number of nitrogens with two attached hydrogens (primary N) is 1. The lowest BCUT2D eigenvalue weighted by atomic mass is 9.77. The Balaban J connectivity index is 2.92. The highest BCUT2D eigenvalue weighted by Gasteiger charge is 2.33. The minimum atomic E-state index is -0.271. The molecule has 0 aliphatic carbocycles. The summed E-state index contributed by atoms with van der Waals surface area (Å²) in [5.41, 5.74) is 7.00. The molecule has 0 spiro atoms. The van der Waals surface area contributed by atoms with Crippen molar-refractivity contribution in [2.24, 2.45) is 5.73 Å². The van der Waals surface area contributed by atoms with Crippen LogP contribution in [0.15, 0.2) is 24.3 Å². The van der Waals surface area contributed by atoms with E-state index in [4.69, 9.17) is 19.9 Å². The lowest BCUT2D eigenvalue weighted by Crippen LogP contribution is -2.44. The van der Waals surface area contributed by atoms with Gasteiger partial charge in [0.25, 0.3) is 0 Å². The molecule has 0 bridgehead atoms. The Bertz CT molecular complexity index is 395. The molecule has 0 amide bonds. The Hall–Kier alpha value is -1.10. The molecule has 4 heteroatoms. The molecule has 0 radical (unpaired) electrons. The molecule has 0 saturated heterocycles. The van der Waals surface area contributed by atoms with Crippen molar-refractivity contribution in [3.05, 3.63) is 29.8 Å². The van der Waals surface area contributed by atoms with Crippen LogP contribution in [0, 0.1) is 0 Å². The van der Waals surface area contributed by atoms with E-state index >= 15 is 0 Å². The standard InChI is InChI=1S/C16H27NO3/c1-13(17)16(2,12-19-4)14-8-5-6-9-15(14)20-11-7-10-18-3/h5-6,8-9,13H,7,10-12,17H2,1-4H3. The van der Waals surface area contributed by atoms with Crippen molar-refractivity contribution in [1.82, 2.24) is 0 Å². The van der Waals surface area contributed by atoms with E-state index in [1.165, 1.54) is 0 Å². The number of hydrogen-bond acceptors (Lipinski definition) is 4. The summed E-state index contributed by atoms with van der Waals surface area (Å²) < 4.78 is 16.3. The van der Waals surface area contributed by atoms with Gasteiger partial charge in [0, 0.05) is 44.3 Å². The molecule has 114 valence electrons. The molecule has 2 N–H and O–H groups in total. The Morgan fingerprint density at radius 1 is 1.15 bits per heavy atom. The summed E-state index contributed by atoms with van der Waals surface area (Å²) in [5.74, 6) is 0.875. The summed E-state index contributed by atoms with van der Waals surface area (Å²) in [7, 11) is 3.39. The van der Waals surface area contributed by atoms with Crippen LogP contribution >= 0.6 is 0 Å². The second-order valence-corrected chi connectivity index (χ2v) is 5.33. The Kier molecular flexibility index (Phi) is 6.99. The molecule has 0 aliphatic rings. The highest BCUT2D eigenvalue weighted by atomic mass is 16.5. The summed E-state index contributed by atoms with van der Waals surface area (Å²) in [6.07, 6.45) is 0.865. The molecule has 0 fully saturated rings. The number of hydrogen-bond donors (Lipinski definition) is 1. The maximum absolute atomic E-state index is 6.18. The molecule has 0 aliphatic heterocycles. The quantitative estimate of drug-likeness (QED) is 0.706. The van der Waals surface area contributed by atoms with Gasteiger partial charge >= 0.3 is 0 Å². The van der Waals surface area contributed by atoms with Gasteiger partial charge in [-0.1, -0.05) is 25.1 Å². The van der Waals surface area contributed by atoms with Crippen molar-refractivity contribution in [3.63, 3.8) is 0 Å². The Morgan fingerprint density at radius 3 is 2.45 bits per heavy atom. The SMILES string of the molecule is COCCCOc1ccccc1C(C)(COC)C(C)N. The highest BCUT2D eigenvalue weighted by Crippen LogP contribution is 2.34. The van der Waals surface area contributed by atoms with E-state index in [9.17, 15) is 0 Å². The maximum atomic E-state index is 6.18. The largest absolute Gasteiger partial charge is 0.493 e. The minimum absolute atomic E-state index is 0.0359. The minimum Gasteiger partial charge on any atom is -0.493 e. The van der Waals surface area contributed by atoms with Crippen LogP contribution < -0.4 is 10.5 Å². The molecule has 1 aromatic rings. The van der Waals surface area contributed by atoms with Crippen LogP contribution in [0.4, 0.5) is 0 Å². The molecule has 1 aromatic carbocycles. The van der Waals surface area contributed by atoms with Crippen LogP contribution in [-0.4, -0.2) is 40.1 Å². The van der Waals surface area contributed by atoms with Crippen molar-refractivity contribution in [2.45, 2.75) is 31.7 Å². The van der Waals surface area contributed by atoms with Crippen LogP contribution in [0.5, 0.6) is 5.75 Å². The monoisotopic (exact) mass is 281 g/mol. The molecule has 20 heavy (non-hydrogen) atoms. The van der Waals surface area contributed by atoms with E-state index in [0.29, 0.717) is 19.8 Å². The van der Waals surface area contributed by atoms with Crippen LogP contribution in [0.2, 0.25) is 0 Å². The summed E-state index contributed by atoms with van der Waals surface area (Å²) in [6.45, 7) is 6.00. The third kappa shape index (κ3) is 4.20. The van der Waals surface area contributed by atoms with Gasteiger partial charge in [0.05, 0.1) is 13.2 Å². The first-order valence-corrected chi connectivity index (χ1v) is 7.02. The first-order chi connectivity index (χ1) is 9.56. The fourth-order valence-electron chi connectivity index (χ4n) is 2.20. The van der Waals surface area contributed by atoms with Crippen LogP contribution in [0.3, 0.4) is 0 Å². The lowest BCUT2D eigenvalue weighted by molar-refractivity contribution is 0.122. The summed E-state index contributed by atoms with van der Waals surface area (Å²) in [6, 6.07) is 8.00. The zero-order chi connectivity index (χ0) is 15.0. The van der Waals surface area contributed by atoms with Gasteiger partial charge in [0.2, 0.25) is 0 Å². The van der Waals surface area contributed by atoms with Crippen molar-refractivity contribution < 1.29 is 14.2 Å². The van der Waals surface area contributed by atoms with Gasteiger partial charge in [-0.25, -0.2) is 0 Å². The molecular weight excluding hydrogens is 254 g/mol. The second-order valence-electron chi connectivity index (χ2n) is 5.33. The summed E-state index contributed by atoms with van der Waals surface area (Å²) in [5, 5.41) is 0. The second kappa shape index (κ2) is 8.25. The average Bonchev–Trinajstić information content (AvgIpc) is 2.44. The van der Waals surface area contributed by atoms with Gasteiger partial charge in [-0.05, 0) is 13.0 Å². The lowest BCUT2D eigenvalue weighted by Gasteiger charge is -2.34. The summed E-state index contributed by atoms with van der Waals surface area (Å²) >= 11 is 0. The third-order valence-corrected chi connectivity index (χ3v) is 3.70. The highest BCUT2D eigenvalue weighted by molar-refractivity contribution is 5.40. The molecule has 0 saturated carbocycles. The normalized spacial score (nSPS) is 15.7. The molecule has 1 rings (SSSR count). The predicted molar refractivity (Wildman–Crippen MR) is 81.3 cm³/mol. The number of rotatable bonds is 9. The molecule has 2 unspecified atom stereocenters. The van der Waals surface area contributed by atoms with Crippen molar-refractivity contribution >= 4 is 0 Å². The predicted octanol–water partition coefficient (Wildman–Crippen LogP) is 2.35. The number of methoxy groups -OCH3 is 2. The molecule has 0 heterocycles. The van der Waals surface area contributed by atoms with Crippen LogP contribution in [0.1, 0.15) is 25.8 Å². The van der Waals surface area contributed by atoms with E-state index in [1.54, 1.807) is 14.2 Å². The number of para-hydroxylation sites is 1. The molecule has 4 nitrogen and oxygen atoms in total. The first-order valence-electron chi connectivity index (χ1n) is 7.02. The Labute approximate surface area is 122 Å². The van der Waals surface area contributed by atoms with E-state index in [-0.39, 0.29) is 11.5 Å². The zero-order valence-electron chi connectivity index (χ0n) is 13.0. The fourth-order valence-corrected chi connectivity index (χ4v) is 2.20. The molecule has 2 atom stereocenters. The Morgan fingerprint density at radius 2 is 1.85 bits per heavy atom. The van der Waals surface area contributed by atoms with E-state index in [2.05, 4.69) is 13.0 Å². The van der Waals surface area contributed by atoms with E-state index in [0.717, 1.165) is 17.7 Å². The molecule has 0 aromatic heterocycles. The molecular formula is C16H27NO3. The smallest absolute Gasteiger partial charge is 0.123 e. The van der Waals surface area contributed by atoms with Gasteiger partial charge in [-0.3, -0.25) is 0 Å². The average molecular weight is 281 g/mol. The summed E-state index contributed by atoms with van der Waals surface area (Å²) in [4.78, 5) is 0. The van der Waals surface area contributed by atoms with Crippen LogP contribution in [-0.2, 0) is 14.9 Å². The number of benzene rings is 1. The van der Waals surface area contributed by atoms with Gasteiger partial charge < -0.3 is 19.9 Å². The van der Waals surface area contributed by atoms with Gasteiger partial charge in [0.15, 0.2) is 0 Å². The van der Waals surface area contributed by atoms with Crippen molar-refractivity contribution in [3.8, 4) is 5.75 Å². The van der Waals surface area contributed by atoms with Crippen molar-refractivity contribution in [2.75, 3.05) is 34.0 Å². The topological polar surface area (TPSA) is 53.7 Å². The maximum Gasteiger partial charge on any atom is 0.123 e. The van der Waals surface area contributed by atoms with E-state index in [1.807, 2.05) is 25.1 Å². The van der Waals surface area contributed by atoms with Gasteiger partial charge in [-0.15, -0.1) is 0 Å². The zero-order valence-corrected chi connectivity index (χ0v) is 13.0. The van der Waals surface area contributed by atoms with Crippen LogP contribution in [0.25, 0.3) is 0 Å². The third-order valence-electron chi connectivity index (χ3n) is 3.70. The fraction of sp³-hybridized carbons (Fsp3) is 0.625.